The van der Waals surface area contributed by atoms with E-state index in [0.717, 1.165) is 28.3 Å². The summed E-state index contributed by atoms with van der Waals surface area (Å²) in [7, 11) is 0. The van der Waals surface area contributed by atoms with Gasteiger partial charge in [0.05, 0.1) is 18.0 Å². The molecule has 2 aromatic carbocycles. The van der Waals surface area contributed by atoms with Gasteiger partial charge in [-0.2, -0.15) is 0 Å². The van der Waals surface area contributed by atoms with Crippen molar-refractivity contribution in [1.82, 2.24) is 4.98 Å². The third-order valence-electron chi connectivity index (χ3n) is 4.01. The van der Waals surface area contributed by atoms with E-state index in [-0.39, 0.29) is 0 Å². The molecule has 0 amide bonds. The van der Waals surface area contributed by atoms with E-state index in [0.29, 0.717) is 11.0 Å². The van der Waals surface area contributed by atoms with Crippen LogP contribution in [-0.2, 0) is 11.2 Å². The predicted molar refractivity (Wildman–Crippen MR) is 115 cm³/mol. The van der Waals surface area contributed by atoms with Gasteiger partial charge in [0.1, 0.15) is 0 Å². The average molecular weight is 380 g/mol. The molecule has 0 radical (unpaired) electrons. The Morgan fingerprint density at radius 1 is 0.885 bits per heavy atom. The lowest BCUT2D eigenvalue weighted by molar-refractivity contribution is 0.346. The Labute approximate surface area is 164 Å². The van der Waals surface area contributed by atoms with Crippen LogP contribution in [0, 0.1) is 0 Å². The van der Waals surface area contributed by atoms with Gasteiger partial charge in [-0.1, -0.05) is 61.5 Å². The third-order valence-corrected chi connectivity index (χ3v) is 5.25. The van der Waals surface area contributed by atoms with Gasteiger partial charge in [0.25, 0.3) is 0 Å². The summed E-state index contributed by atoms with van der Waals surface area (Å²) in [5, 5.41) is 0. The molecule has 4 heteroatoms. The summed E-state index contributed by atoms with van der Waals surface area (Å²) >= 11 is 6.71. The van der Waals surface area contributed by atoms with Gasteiger partial charge in [-0.25, -0.2) is 0 Å². The van der Waals surface area contributed by atoms with Crippen LogP contribution in [0.1, 0.15) is 19.5 Å². The summed E-state index contributed by atoms with van der Waals surface area (Å²) in [5.41, 5.74) is 5.56. The van der Waals surface area contributed by atoms with Crippen molar-refractivity contribution in [3.8, 4) is 22.4 Å². The van der Waals surface area contributed by atoms with Gasteiger partial charge < -0.3 is 4.74 Å². The highest BCUT2D eigenvalue weighted by Crippen LogP contribution is 2.29. The number of ether oxygens (including phenoxy) is 1. The Bertz CT molecular complexity index is 876. The first kappa shape index (κ1) is 18.6. The highest BCUT2D eigenvalue weighted by molar-refractivity contribution is 8.22. The van der Waals surface area contributed by atoms with Gasteiger partial charge in [-0.3, -0.25) is 4.98 Å². The SMILES string of the molecule is CCOC(=S)Sc1ccc(-c2ccc(-c3ccccc3)cc2)nc1CC. The topological polar surface area (TPSA) is 22.1 Å². The molecule has 0 fully saturated rings. The fourth-order valence-corrected chi connectivity index (χ4v) is 3.88. The second-order valence-corrected chi connectivity index (χ2v) is 7.37. The van der Waals surface area contributed by atoms with Crippen LogP contribution in [0.15, 0.2) is 71.6 Å². The van der Waals surface area contributed by atoms with E-state index in [9.17, 15) is 0 Å². The smallest absolute Gasteiger partial charge is 0.224 e. The van der Waals surface area contributed by atoms with Crippen LogP contribution in [0.3, 0.4) is 0 Å². The number of nitrogens with zero attached hydrogens (tertiary/aromatic N) is 1. The number of pyridine rings is 1. The van der Waals surface area contributed by atoms with Crippen molar-refractivity contribution in [2.24, 2.45) is 0 Å². The van der Waals surface area contributed by atoms with E-state index in [4.69, 9.17) is 21.9 Å². The number of benzene rings is 2. The van der Waals surface area contributed by atoms with E-state index in [2.05, 4.69) is 61.5 Å². The van der Waals surface area contributed by atoms with Crippen molar-refractivity contribution in [3.63, 3.8) is 0 Å². The fraction of sp³-hybridized carbons (Fsp3) is 0.182. The average Bonchev–Trinajstić information content (AvgIpc) is 2.69. The van der Waals surface area contributed by atoms with Crippen LogP contribution in [0.25, 0.3) is 22.4 Å². The van der Waals surface area contributed by atoms with Gasteiger partial charge in [-0.05, 0) is 60.6 Å². The van der Waals surface area contributed by atoms with Crippen LogP contribution in [0.2, 0.25) is 0 Å². The Balaban J connectivity index is 1.84. The molecular formula is C22H21NOS2. The van der Waals surface area contributed by atoms with Crippen LogP contribution < -0.4 is 0 Å². The lowest BCUT2D eigenvalue weighted by Gasteiger charge is -2.10. The van der Waals surface area contributed by atoms with Gasteiger partial charge in [-0.15, -0.1) is 0 Å². The molecule has 0 bridgehead atoms. The second-order valence-electron chi connectivity index (χ2n) is 5.72. The molecule has 0 atom stereocenters. The normalized spacial score (nSPS) is 10.5. The number of thioether (sulfide) groups is 1. The van der Waals surface area contributed by atoms with Crippen molar-refractivity contribution in [1.29, 1.82) is 0 Å². The Kier molecular flexibility index (Phi) is 6.42. The van der Waals surface area contributed by atoms with E-state index in [1.165, 1.54) is 22.9 Å². The quantitative estimate of drug-likeness (QED) is 0.378. The first-order chi connectivity index (χ1) is 12.7. The minimum Gasteiger partial charge on any atom is -0.479 e. The predicted octanol–water partition coefficient (Wildman–Crippen LogP) is 6.39. The van der Waals surface area contributed by atoms with Gasteiger partial charge in [0, 0.05) is 10.5 Å². The molecule has 0 aliphatic carbocycles. The molecule has 2 nitrogen and oxygen atoms in total. The van der Waals surface area contributed by atoms with Gasteiger partial charge >= 0.3 is 0 Å². The van der Waals surface area contributed by atoms with Crippen molar-refractivity contribution < 1.29 is 4.74 Å². The van der Waals surface area contributed by atoms with Crippen molar-refractivity contribution in [3.05, 3.63) is 72.4 Å². The molecule has 0 saturated heterocycles. The van der Waals surface area contributed by atoms with Crippen LogP contribution in [-0.4, -0.2) is 16.0 Å². The summed E-state index contributed by atoms with van der Waals surface area (Å²) in [5.74, 6) is 0. The monoisotopic (exact) mass is 379 g/mol. The summed E-state index contributed by atoms with van der Waals surface area (Å²) in [6.07, 6.45) is 0.854. The number of aryl methyl sites for hydroxylation is 1. The first-order valence-electron chi connectivity index (χ1n) is 8.71. The second kappa shape index (κ2) is 8.97. The van der Waals surface area contributed by atoms with Crippen molar-refractivity contribution in [2.45, 2.75) is 25.2 Å². The van der Waals surface area contributed by atoms with E-state index < -0.39 is 0 Å². The lowest BCUT2D eigenvalue weighted by Crippen LogP contribution is -1.99. The highest BCUT2D eigenvalue weighted by atomic mass is 32.2. The fourth-order valence-electron chi connectivity index (χ4n) is 2.70. The number of aromatic nitrogens is 1. The van der Waals surface area contributed by atoms with E-state index in [1.54, 1.807) is 0 Å². The molecule has 3 rings (SSSR count). The number of hydrogen-bond acceptors (Lipinski definition) is 4. The molecule has 0 spiro atoms. The van der Waals surface area contributed by atoms with Gasteiger partial charge in [0.2, 0.25) is 4.38 Å². The van der Waals surface area contributed by atoms with Crippen LogP contribution >= 0.6 is 24.0 Å². The minimum absolute atomic E-state index is 0.545. The zero-order valence-electron chi connectivity index (χ0n) is 14.9. The summed E-state index contributed by atoms with van der Waals surface area (Å²) in [6, 6.07) is 23.1. The molecule has 0 aliphatic heterocycles. The number of thiocarbonyl (C=S) groups is 1. The zero-order chi connectivity index (χ0) is 18.4. The van der Waals surface area contributed by atoms with E-state index in [1.807, 2.05) is 19.1 Å². The largest absolute Gasteiger partial charge is 0.479 e. The van der Waals surface area contributed by atoms with Crippen LogP contribution in [0.4, 0.5) is 0 Å². The number of hydrogen-bond donors (Lipinski definition) is 0. The molecule has 0 aliphatic rings. The molecule has 1 heterocycles. The summed E-state index contributed by atoms with van der Waals surface area (Å²) in [6.45, 7) is 4.64. The number of rotatable bonds is 5. The maximum Gasteiger partial charge on any atom is 0.224 e. The molecule has 132 valence electrons. The van der Waals surface area contributed by atoms with Crippen molar-refractivity contribution in [2.75, 3.05) is 6.61 Å². The van der Waals surface area contributed by atoms with Crippen molar-refractivity contribution >= 4 is 28.4 Å². The standard InChI is InChI=1S/C22H21NOS2/c1-3-19-21(26-22(25)24-4-2)15-14-20(23-19)18-12-10-17(11-13-18)16-8-6-5-7-9-16/h5-15H,3-4H2,1-2H3. The molecule has 26 heavy (non-hydrogen) atoms. The molecule has 1 aromatic heterocycles. The Hall–Kier alpha value is -2.17. The Morgan fingerprint density at radius 2 is 1.54 bits per heavy atom. The Morgan fingerprint density at radius 3 is 2.19 bits per heavy atom. The molecule has 0 N–H and O–H groups in total. The van der Waals surface area contributed by atoms with E-state index >= 15 is 0 Å². The molecular weight excluding hydrogens is 358 g/mol. The maximum absolute atomic E-state index is 5.38. The molecule has 3 aromatic rings. The lowest BCUT2D eigenvalue weighted by atomic mass is 10.0. The summed E-state index contributed by atoms with van der Waals surface area (Å²) < 4.78 is 5.93. The van der Waals surface area contributed by atoms with Gasteiger partial charge in [0.15, 0.2) is 0 Å². The molecule has 0 saturated carbocycles. The molecule has 0 unspecified atom stereocenters. The minimum atomic E-state index is 0.545. The third kappa shape index (κ3) is 4.51. The zero-order valence-corrected chi connectivity index (χ0v) is 16.6. The van der Waals surface area contributed by atoms with Crippen LogP contribution in [0.5, 0.6) is 0 Å². The maximum atomic E-state index is 5.38. The highest BCUT2D eigenvalue weighted by Gasteiger charge is 2.10. The summed E-state index contributed by atoms with van der Waals surface area (Å²) in [4.78, 5) is 5.91. The first-order valence-corrected chi connectivity index (χ1v) is 9.94.